The molecule has 1 aromatic rings. The molecule has 26 heavy (non-hydrogen) atoms. The van der Waals surface area contributed by atoms with Crippen LogP contribution in [0, 0.1) is 0 Å². The van der Waals surface area contributed by atoms with Crippen molar-refractivity contribution in [3.05, 3.63) is 30.3 Å². The largest absolute Gasteiger partial charge is 0.378 e. The third-order valence-corrected chi connectivity index (χ3v) is 4.47. The van der Waals surface area contributed by atoms with Crippen molar-refractivity contribution >= 4 is 17.4 Å². The van der Waals surface area contributed by atoms with Crippen molar-refractivity contribution in [2.75, 3.05) is 18.4 Å². The average molecular weight is 361 g/mol. The second-order valence-electron chi connectivity index (χ2n) is 6.97. The first-order valence-electron chi connectivity index (χ1n) is 10.3. The van der Waals surface area contributed by atoms with Crippen molar-refractivity contribution in [2.45, 2.75) is 77.6 Å². The number of rotatable bonds is 16. The first-order chi connectivity index (χ1) is 12.7. The Morgan fingerprint density at radius 3 is 2.00 bits per heavy atom. The van der Waals surface area contributed by atoms with Gasteiger partial charge in [-0.05, 0) is 18.6 Å². The Labute approximate surface area is 159 Å². The summed E-state index contributed by atoms with van der Waals surface area (Å²) in [5.41, 5.74) is 0.895. The Hall–Kier alpha value is -1.84. The molecule has 0 spiro atoms. The third-order valence-electron chi connectivity index (χ3n) is 4.47. The summed E-state index contributed by atoms with van der Waals surface area (Å²) in [6.45, 7) is 3.11. The van der Waals surface area contributed by atoms with Gasteiger partial charge in [0, 0.05) is 12.2 Å². The second-order valence-corrected chi connectivity index (χ2v) is 6.97. The number of hydrogen-bond donors (Lipinski definition) is 2. The number of carbonyl (C=O) groups is 2. The minimum atomic E-state index is -0.166. The molecule has 2 N–H and O–H groups in total. The molecule has 1 rings (SSSR count). The first-order valence-corrected chi connectivity index (χ1v) is 10.3. The number of amides is 1. The molecule has 4 heteroatoms. The highest BCUT2D eigenvalue weighted by Gasteiger charge is 2.08. The van der Waals surface area contributed by atoms with E-state index in [1.807, 2.05) is 30.3 Å². The van der Waals surface area contributed by atoms with E-state index in [-0.39, 0.29) is 24.7 Å². The van der Waals surface area contributed by atoms with Crippen LogP contribution in [0.3, 0.4) is 0 Å². The molecule has 0 aliphatic carbocycles. The highest BCUT2D eigenvalue weighted by Crippen LogP contribution is 2.10. The summed E-state index contributed by atoms with van der Waals surface area (Å²) < 4.78 is 0. The van der Waals surface area contributed by atoms with Gasteiger partial charge in [-0.1, -0.05) is 82.9 Å². The number of hydrogen-bond acceptors (Lipinski definition) is 3. The second kappa shape index (κ2) is 15.4. The maximum atomic E-state index is 11.8. The molecule has 0 aliphatic rings. The van der Waals surface area contributed by atoms with E-state index in [1.165, 1.54) is 51.4 Å². The van der Waals surface area contributed by atoms with Crippen molar-refractivity contribution < 1.29 is 9.59 Å². The van der Waals surface area contributed by atoms with Crippen LogP contribution in [0.4, 0.5) is 5.69 Å². The minimum absolute atomic E-state index is 0.0441. The topological polar surface area (TPSA) is 58.2 Å². The van der Waals surface area contributed by atoms with E-state index in [2.05, 4.69) is 17.6 Å². The Balaban J connectivity index is 1.91. The molecule has 0 fully saturated rings. The Morgan fingerprint density at radius 2 is 1.38 bits per heavy atom. The monoisotopic (exact) mass is 360 g/mol. The van der Waals surface area contributed by atoms with Crippen LogP contribution >= 0.6 is 0 Å². The van der Waals surface area contributed by atoms with E-state index >= 15 is 0 Å². The van der Waals surface area contributed by atoms with E-state index in [9.17, 15) is 9.59 Å². The van der Waals surface area contributed by atoms with Gasteiger partial charge in [0.15, 0.2) is 5.78 Å². The van der Waals surface area contributed by atoms with Crippen LogP contribution in [0.5, 0.6) is 0 Å². The Bertz CT molecular complexity index is 488. The van der Waals surface area contributed by atoms with Crippen molar-refractivity contribution in [1.29, 1.82) is 0 Å². The zero-order valence-corrected chi connectivity index (χ0v) is 16.4. The van der Waals surface area contributed by atoms with E-state index in [0.29, 0.717) is 6.54 Å². The molecule has 1 amide bonds. The maximum absolute atomic E-state index is 11.8. The number of carbonyl (C=O) groups excluding carboxylic acids is 2. The van der Waals surface area contributed by atoms with Crippen LogP contribution in [0.1, 0.15) is 77.6 Å². The molecule has 0 bridgehead atoms. The molecule has 0 aromatic heterocycles. The lowest BCUT2D eigenvalue weighted by Gasteiger charge is -2.07. The smallest absolute Gasteiger partial charge is 0.227 e. The lowest BCUT2D eigenvalue weighted by molar-refractivity contribution is -0.127. The van der Waals surface area contributed by atoms with Crippen LogP contribution in [0.2, 0.25) is 0 Å². The van der Waals surface area contributed by atoms with Crippen molar-refractivity contribution in [3.8, 4) is 0 Å². The van der Waals surface area contributed by atoms with Crippen LogP contribution in [-0.4, -0.2) is 24.8 Å². The van der Waals surface area contributed by atoms with E-state index in [4.69, 9.17) is 0 Å². The van der Waals surface area contributed by atoms with Crippen LogP contribution in [-0.2, 0) is 9.59 Å². The Kier molecular flexibility index (Phi) is 13.2. The fourth-order valence-corrected chi connectivity index (χ4v) is 2.90. The van der Waals surface area contributed by atoms with Crippen molar-refractivity contribution in [1.82, 2.24) is 5.32 Å². The van der Waals surface area contributed by atoms with Gasteiger partial charge in [-0.15, -0.1) is 0 Å². The standard InChI is InChI=1S/C22H36N2O2/c1-2-3-4-5-6-7-8-9-10-14-17-23-22(26)18-21(25)19-24-20-15-12-11-13-16-20/h11-13,15-16,24H,2-10,14,17-19H2,1H3,(H,23,26). The molecule has 0 atom stereocenters. The van der Waals surface area contributed by atoms with Gasteiger partial charge < -0.3 is 10.6 Å². The van der Waals surface area contributed by atoms with E-state index in [1.54, 1.807) is 0 Å². The van der Waals surface area contributed by atoms with Gasteiger partial charge in [-0.3, -0.25) is 9.59 Å². The van der Waals surface area contributed by atoms with Gasteiger partial charge in [0.2, 0.25) is 5.91 Å². The predicted molar refractivity (Wildman–Crippen MR) is 109 cm³/mol. The van der Waals surface area contributed by atoms with Gasteiger partial charge in [0.05, 0.1) is 13.0 Å². The van der Waals surface area contributed by atoms with Crippen molar-refractivity contribution in [3.63, 3.8) is 0 Å². The summed E-state index contributed by atoms with van der Waals surface area (Å²) in [5.74, 6) is -0.254. The van der Waals surface area contributed by atoms with Crippen LogP contribution in [0.25, 0.3) is 0 Å². The van der Waals surface area contributed by atoms with Gasteiger partial charge in [0.25, 0.3) is 0 Å². The third kappa shape index (κ3) is 12.5. The van der Waals surface area contributed by atoms with E-state index < -0.39 is 0 Å². The molecule has 0 radical (unpaired) electrons. The van der Waals surface area contributed by atoms with Gasteiger partial charge >= 0.3 is 0 Å². The zero-order valence-electron chi connectivity index (χ0n) is 16.4. The number of para-hydroxylation sites is 1. The number of benzene rings is 1. The first kappa shape index (κ1) is 22.2. The predicted octanol–water partition coefficient (Wildman–Crippen LogP) is 5.09. The molecular formula is C22H36N2O2. The summed E-state index contributed by atoms with van der Waals surface area (Å²) in [7, 11) is 0. The number of anilines is 1. The molecule has 1 aromatic carbocycles. The summed E-state index contributed by atoms with van der Waals surface area (Å²) in [4.78, 5) is 23.6. The normalized spacial score (nSPS) is 10.5. The summed E-state index contributed by atoms with van der Waals surface area (Å²) in [6, 6.07) is 9.54. The number of unbranched alkanes of at least 4 members (excludes halogenated alkanes) is 9. The SMILES string of the molecule is CCCCCCCCCCCCNC(=O)CC(=O)CNc1ccccc1. The summed E-state index contributed by atoms with van der Waals surface area (Å²) in [6.07, 6.45) is 12.8. The molecule has 0 unspecified atom stereocenters. The quantitative estimate of drug-likeness (QED) is 0.319. The molecular weight excluding hydrogens is 324 g/mol. The minimum Gasteiger partial charge on any atom is -0.378 e. The molecule has 0 heterocycles. The lowest BCUT2D eigenvalue weighted by atomic mass is 10.1. The fraction of sp³-hybridized carbons (Fsp3) is 0.636. The fourth-order valence-electron chi connectivity index (χ4n) is 2.90. The average Bonchev–Trinajstić information content (AvgIpc) is 2.65. The lowest BCUT2D eigenvalue weighted by Crippen LogP contribution is -2.28. The number of nitrogens with one attached hydrogen (secondary N) is 2. The summed E-state index contributed by atoms with van der Waals surface area (Å²) in [5, 5.41) is 5.88. The van der Waals surface area contributed by atoms with Gasteiger partial charge in [-0.2, -0.15) is 0 Å². The molecule has 4 nitrogen and oxygen atoms in total. The molecule has 0 saturated heterocycles. The highest BCUT2D eigenvalue weighted by molar-refractivity contribution is 5.99. The maximum Gasteiger partial charge on any atom is 0.227 e. The van der Waals surface area contributed by atoms with Crippen LogP contribution < -0.4 is 10.6 Å². The zero-order chi connectivity index (χ0) is 18.9. The molecule has 0 aliphatic heterocycles. The van der Waals surface area contributed by atoms with Gasteiger partial charge in [-0.25, -0.2) is 0 Å². The van der Waals surface area contributed by atoms with E-state index in [0.717, 1.165) is 18.5 Å². The molecule has 0 saturated carbocycles. The van der Waals surface area contributed by atoms with Crippen LogP contribution in [0.15, 0.2) is 30.3 Å². The van der Waals surface area contributed by atoms with Crippen molar-refractivity contribution in [2.24, 2.45) is 0 Å². The number of Topliss-reactive ketones (excluding diaryl/α,β-unsaturated/α-hetero) is 1. The Morgan fingerprint density at radius 1 is 0.808 bits per heavy atom. The molecule has 146 valence electrons. The summed E-state index contributed by atoms with van der Waals surface area (Å²) >= 11 is 0. The highest BCUT2D eigenvalue weighted by atomic mass is 16.2. The number of ketones is 1. The van der Waals surface area contributed by atoms with Gasteiger partial charge in [0.1, 0.15) is 0 Å².